The number of hydrogen-bond acceptors (Lipinski definition) is 7. The van der Waals surface area contributed by atoms with Crippen LogP contribution in [-0.2, 0) is 26.2 Å². The molecule has 0 heterocycles. The summed E-state index contributed by atoms with van der Waals surface area (Å²) in [5, 5.41) is 3.15. The number of ether oxygens (including phenoxy) is 3. The van der Waals surface area contributed by atoms with Gasteiger partial charge in [0.05, 0.1) is 41.5 Å². The minimum atomic E-state index is -4.33. The number of halogens is 2. The lowest BCUT2D eigenvalue weighted by Crippen LogP contribution is -2.50. The van der Waals surface area contributed by atoms with Crippen LogP contribution < -0.4 is 23.8 Å². The molecular formula is C29H33Cl2N3O7S. The maximum Gasteiger partial charge on any atom is 0.264 e. The van der Waals surface area contributed by atoms with Gasteiger partial charge in [0.2, 0.25) is 11.8 Å². The van der Waals surface area contributed by atoms with Gasteiger partial charge in [-0.15, -0.1) is 0 Å². The molecule has 3 rings (SSSR count). The highest BCUT2D eigenvalue weighted by Crippen LogP contribution is 2.33. The van der Waals surface area contributed by atoms with E-state index < -0.39 is 34.4 Å². The van der Waals surface area contributed by atoms with Gasteiger partial charge < -0.3 is 24.4 Å². The molecule has 0 aliphatic rings. The average molecular weight is 639 g/mol. The summed E-state index contributed by atoms with van der Waals surface area (Å²) in [6, 6.07) is 14.4. The number of hydrogen-bond donors (Lipinski definition) is 1. The molecule has 0 spiro atoms. The first-order valence-corrected chi connectivity index (χ1v) is 15.1. The molecule has 10 nitrogen and oxygen atoms in total. The molecule has 0 aromatic heterocycles. The van der Waals surface area contributed by atoms with Crippen LogP contribution >= 0.6 is 23.2 Å². The number of likely N-dealkylation sites (N-methyl/N-ethyl adjacent to an activating group) is 1. The predicted octanol–water partition coefficient (Wildman–Crippen LogP) is 4.77. The molecule has 0 aliphatic carbocycles. The molecule has 0 radical (unpaired) electrons. The van der Waals surface area contributed by atoms with Gasteiger partial charge in [-0.1, -0.05) is 29.3 Å². The topological polar surface area (TPSA) is 114 Å². The number of anilines is 1. The Balaban J connectivity index is 2.09. The van der Waals surface area contributed by atoms with E-state index in [-0.39, 0.29) is 27.9 Å². The molecule has 0 unspecified atom stereocenters. The number of nitrogens with one attached hydrogen (secondary N) is 1. The van der Waals surface area contributed by atoms with Crippen molar-refractivity contribution in [3.05, 3.63) is 76.3 Å². The number of benzene rings is 3. The minimum Gasteiger partial charge on any atom is -0.494 e. The van der Waals surface area contributed by atoms with E-state index >= 15 is 0 Å². The first-order valence-electron chi connectivity index (χ1n) is 12.9. The maximum absolute atomic E-state index is 14.1. The van der Waals surface area contributed by atoms with E-state index in [9.17, 15) is 18.0 Å². The molecule has 0 bridgehead atoms. The van der Waals surface area contributed by atoms with Crippen LogP contribution in [0.5, 0.6) is 17.2 Å². The van der Waals surface area contributed by atoms with Crippen molar-refractivity contribution in [2.24, 2.45) is 0 Å². The van der Waals surface area contributed by atoms with Crippen LogP contribution in [0.1, 0.15) is 19.4 Å². The van der Waals surface area contributed by atoms with Crippen LogP contribution in [0.4, 0.5) is 5.69 Å². The summed E-state index contributed by atoms with van der Waals surface area (Å²) < 4.78 is 45.2. The van der Waals surface area contributed by atoms with Crippen molar-refractivity contribution in [3.63, 3.8) is 0 Å². The number of nitrogens with zero attached hydrogens (tertiary/aromatic N) is 2. The van der Waals surface area contributed by atoms with E-state index in [4.69, 9.17) is 37.4 Å². The average Bonchev–Trinajstić information content (AvgIpc) is 2.99. The Morgan fingerprint density at radius 3 is 2.17 bits per heavy atom. The van der Waals surface area contributed by atoms with Gasteiger partial charge in [0.1, 0.15) is 18.3 Å². The van der Waals surface area contributed by atoms with Crippen molar-refractivity contribution >= 4 is 50.7 Å². The van der Waals surface area contributed by atoms with Gasteiger partial charge in [-0.25, -0.2) is 8.42 Å². The SMILES string of the molecule is CCOc1ccc(N(CC(=O)N(Cc2ccc(Cl)c(Cl)c2)[C@@H](C)C(=O)NC)S(=O)(=O)c2ccc(OC)c(OC)c2)cc1. The van der Waals surface area contributed by atoms with Crippen LogP contribution in [0, 0.1) is 0 Å². The second-order valence-electron chi connectivity index (χ2n) is 9.02. The standard InChI is InChI=1S/C29H33Cl2N3O7S/c1-6-41-22-10-8-21(9-11-22)34(42(37,38)23-12-14-26(39-4)27(16-23)40-5)18-28(35)33(19(2)29(36)32-3)17-20-7-13-24(30)25(31)15-20/h7-16,19H,6,17-18H2,1-5H3,(H,32,36)/t19-/m0/s1. The normalized spacial score (nSPS) is 11.8. The van der Waals surface area contributed by atoms with Crippen LogP contribution in [0.15, 0.2) is 65.6 Å². The summed E-state index contributed by atoms with van der Waals surface area (Å²) in [4.78, 5) is 27.7. The monoisotopic (exact) mass is 637 g/mol. The molecule has 0 fully saturated rings. The molecular weight excluding hydrogens is 605 g/mol. The first-order chi connectivity index (χ1) is 20.0. The van der Waals surface area contributed by atoms with Crippen molar-refractivity contribution in [2.45, 2.75) is 31.3 Å². The molecule has 226 valence electrons. The van der Waals surface area contributed by atoms with Crippen molar-refractivity contribution < 1.29 is 32.2 Å². The summed E-state index contributed by atoms with van der Waals surface area (Å²) in [6.45, 7) is 3.16. The molecule has 3 aromatic rings. The summed E-state index contributed by atoms with van der Waals surface area (Å²) >= 11 is 12.2. The van der Waals surface area contributed by atoms with Gasteiger partial charge in [0.25, 0.3) is 10.0 Å². The molecule has 1 N–H and O–H groups in total. The van der Waals surface area contributed by atoms with Crippen molar-refractivity contribution in [3.8, 4) is 17.2 Å². The Labute approximate surface area is 256 Å². The van der Waals surface area contributed by atoms with Crippen molar-refractivity contribution in [2.75, 3.05) is 38.7 Å². The van der Waals surface area contributed by atoms with Gasteiger partial charge in [-0.05, 0) is 67.9 Å². The third-order valence-electron chi connectivity index (χ3n) is 6.41. The fraction of sp³-hybridized carbons (Fsp3) is 0.310. The fourth-order valence-electron chi connectivity index (χ4n) is 4.13. The van der Waals surface area contributed by atoms with E-state index in [1.165, 1.54) is 44.4 Å². The maximum atomic E-state index is 14.1. The van der Waals surface area contributed by atoms with Gasteiger partial charge in [-0.2, -0.15) is 0 Å². The second-order valence-corrected chi connectivity index (χ2v) is 11.7. The summed E-state index contributed by atoms with van der Waals surface area (Å²) in [6.07, 6.45) is 0. The third-order valence-corrected chi connectivity index (χ3v) is 8.92. The zero-order valence-corrected chi connectivity index (χ0v) is 26.2. The molecule has 0 saturated carbocycles. The molecule has 0 saturated heterocycles. The highest BCUT2D eigenvalue weighted by atomic mass is 35.5. The molecule has 3 aromatic carbocycles. The molecule has 2 amide bonds. The molecule has 0 aliphatic heterocycles. The Kier molecular flexibility index (Phi) is 11.3. The summed E-state index contributed by atoms with van der Waals surface area (Å²) in [5.74, 6) is 0.0118. The van der Waals surface area contributed by atoms with E-state index in [0.29, 0.717) is 28.7 Å². The zero-order chi connectivity index (χ0) is 31.0. The Hall–Kier alpha value is -3.67. The van der Waals surface area contributed by atoms with Crippen LogP contribution in [0.3, 0.4) is 0 Å². The number of rotatable bonds is 13. The number of sulfonamides is 1. The zero-order valence-electron chi connectivity index (χ0n) is 23.9. The Morgan fingerprint density at radius 2 is 1.60 bits per heavy atom. The number of carbonyl (C=O) groups is 2. The number of methoxy groups -OCH3 is 2. The van der Waals surface area contributed by atoms with Gasteiger partial charge in [0, 0.05) is 19.7 Å². The van der Waals surface area contributed by atoms with Gasteiger partial charge >= 0.3 is 0 Å². The number of carbonyl (C=O) groups excluding carboxylic acids is 2. The second kappa shape index (κ2) is 14.5. The van der Waals surface area contributed by atoms with E-state index in [1.807, 2.05) is 6.92 Å². The quantitative estimate of drug-likeness (QED) is 0.287. The smallest absolute Gasteiger partial charge is 0.264 e. The predicted molar refractivity (Wildman–Crippen MR) is 162 cm³/mol. The fourth-order valence-corrected chi connectivity index (χ4v) is 5.89. The summed E-state index contributed by atoms with van der Waals surface area (Å²) in [5.41, 5.74) is 0.813. The summed E-state index contributed by atoms with van der Waals surface area (Å²) in [7, 11) is -0.0496. The van der Waals surface area contributed by atoms with E-state index in [2.05, 4.69) is 5.32 Å². The lowest BCUT2D eigenvalue weighted by atomic mass is 10.1. The molecule has 1 atom stereocenters. The molecule has 42 heavy (non-hydrogen) atoms. The van der Waals surface area contributed by atoms with Gasteiger partial charge in [-0.3, -0.25) is 13.9 Å². The lowest BCUT2D eigenvalue weighted by molar-refractivity contribution is -0.139. The minimum absolute atomic E-state index is 0.0299. The lowest BCUT2D eigenvalue weighted by Gasteiger charge is -2.32. The number of amides is 2. The van der Waals surface area contributed by atoms with E-state index in [0.717, 1.165) is 4.31 Å². The molecule has 13 heteroatoms. The highest BCUT2D eigenvalue weighted by Gasteiger charge is 2.33. The largest absolute Gasteiger partial charge is 0.494 e. The van der Waals surface area contributed by atoms with E-state index in [1.54, 1.807) is 49.4 Å². The van der Waals surface area contributed by atoms with Crippen LogP contribution in [0.25, 0.3) is 0 Å². The van der Waals surface area contributed by atoms with Gasteiger partial charge in [0.15, 0.2) is 11.5 Å². The van der Waals surface area contributed by atoms with Crippen LogP contribution in [-0.4, -0.2) is 65.6 Å². The first kappa shape index (κ1) is 32.8. The van der Waals surface area contributed by atoms with Crippen molar-refractivity contribution in [1.82, 2.24) is 10.2 Å². The Morgan fingerprint density at radius 1 is 0.929 bits per heavy atom. The third kappa shape index (κ3) is 7.58. The Bertz CT molecular complexity index is 1520. The van der Waals surface area contributed by atoms with Crippen LogP contribution in [0.2, 0.25) is 10.0 Å². The van der Waals surface area contributed by atoms with Crippen molar-refractivity contribution in [1.29, 1.82) is 0 Å². The highest BCUT2D eigenvalue weighted by molar-refractivity contribution is 7.92.